The second-order valence-electron chi connectivity index (χ2n) is 3.93. The van der Waals surface area contributed by atoms with E-state index in [1.54, 1.807) is 6.07 Å². The highest BCUT2D eigenvalue weighted by molar-refractivity contribution is 5.33. The number of hydrogen-bond donors (Lipinski definition) is 2. The van der Waals surface area contributed by atoms with Crippen molar-refractivity contribution in [1.82, 2.24) is 5.32 Å². The predicted octanol–water partition coefficient (Wildman–Crippen LogP) is 1.98. The average molecular weight is 218 g/mol. The minimum Gasteiger partial charge on any atom is -0.392 e. The zero-order valence-corrected chi connectivity index (χ0v) is 9.77. The van der Waals surface area contributed by atoms with E-state index >= 15 is 0 Å². The minimum atomic E-state index is -0.304. The van der Waals surface area contributed by atoms with Crippen LogP contribution in [0.15, 0.2) is 24.3 Å². The van der Waals surface area contributed by atoms with E-state index in [2.05, 4.69) is 11.4 Å². The van der Waals surface area contributed by atoms with Gasteiger partial charge in [-0.2, -0.15) is 5.26 Å². The molecule has 0 aliphatic carbocycles. The lowest BCUT2D eigenvalue weighted by molar-refractivity contribution is 0.164. The van der Waals surface area contributed by atoms with Crippen LogP contribution in [0.1, 0.15) is 37.4 Å². The van der Waals surface area contributed by atoms with Crippen LogP contribution in [-0.2, 0) is 0 Å². The Labute approximate surface area is 96.7 Å². The number of aliphatic hydroxyl groups is 1. The molecule has 3 nitrogen and oxygen atoms in total. The van der Waals surface area contributed by atoms with E-state index in [0.717, 1.165) is 12.0 Å². The molecule has 0 heterocycles. The Morgan fingerprint density at radius 2 is 2.25 bits per heavy atom. The second-order valence-corrected chi connectivity index (χ2v) is 3.93. The molecule has 0 saturated heterocycles. The summed E-state index contributed by atoms with van der Waals surface area (Å²) in [6, 6.07) is 9.79. The highest BCUT2D eigenvalue weighted by atomic mass is 16.3. The molecule has 2 N–H and O–H groups in total. The Morgan fingerprint density at radius 3 is 2.88 bits per heavy atom. The van der Waals surface area contributed by atoms with Gasteiger partial charge in [0.1, 0.15) is 0 Å². The van der Waals surface area contributed by atoms with Crippen LogP contribution in [0.3, 0.4) is 0 Å². The summed E-state index contributed by atoms with van der Waals surface area (Å²) in [6.45, 7) is 4.56. The van der Waals surface area contributed by atoms with Gasteiger partial charge < -0.3 is 10.4 Å². The van der Waals surface area contributed by atoms with Crippen LogP contribution in [0.5, 0.6) is 0 Å². The van der Waals surface area contributed by atoms with Gasteiger partial charge in [0.2, 0.25) is 0 Å². The molecular weight excluding hydrogens is 200 g/mol. The molecule has 0 aromatic heterocycles. The van der Waals surface area contributed by atoms with Crippen molar-refractivity contribution in [1.29, 1.82) is 5.26 Å². The van der Waals surface area contributed by atoms with Gasteiger partial charge in [-0.25, -0.2) is 0 Å². The molecule has 86 valence electrons. The summed E-state index contributed by atoms with van der Waals surface area (Å²) in [5.74, 6) is 0. The van der Waals surface area contributed by atoms with Crippen LogP contribution in [0.4, 0.5) is 0 Å². The summed E-state index contributed by atoms with van der Waals surface area (Å²) in [7, 11) is 0. The van der Waals surface area contributed by atoms with E-state index in [4.69, 9.17) is 5.26 Å². The van der Waals surface area contributed by atoms with E-state index in [9.17, 15) is 5.11 Å². The molecule has 0 aliphatic rings. The van der Waals surface area contributed by atoms with Crippen LogP contribution >= 0.6 is 0 Å². The van der Waals surface area contributed by atoms with Gasteiger partial charge in [-0.1, -0.05) is 19.1 Å². The molecule has 0 aliphatic heterocycles. The zero-order valence-electron chi connectivity index (χ0n) is 9.77. The Hall–Kier alpha value is -1.37. The van der Waals surface area contributed by atoms with Crippen molar-refractivity contribution in [3.63, 3.8) is 0 Å². The van der Waals surface area contributed by atoms with Gasteiger partial charge in [0.15, 0.2) is 0 Å². The van der Waals surface area contributed by atoms with Gasteiger partial charge in [0.05, 0.1) is 17.7 Å². The molecule has 0 spiro atoms. The lowest BCUT2D eigenvalue weighted by atomic mass is 10.1. The Kier molecular flexibility index (Phi) is 4.97. The van der Waals surface area contributed by atoms with E-state index in [1.165, 1.54) is 0 Å². The summed E-state index contributed by atoms with van der Waals surface area (Å²) in [6.07, 6.45) is 0.444. The van der Waals surface area contributed by atoms with E-state index < -0.39 is 0 Å². The van der Waals surface area contributed by atoms with E-state index in [1.807, 2.05) is 32.0 Å². The number of nitriles is 1. The molecule has 3 heteroatoms. The van der Waals surface area contributed by atoms with Crippen molar-refractivity contribution in [2.45, 2.75) is 32.4 Å². The molecule has 0 bridgehead atoms. The number of nitrogens with one attached hydrogen (secondary N) is 1. The number of benzene rings is 1. The molecule has 0 saturated carbocycles. The standard InChI is InChI=1S/C13H18N2O/c1-3-13(16)9-15-10(2)12-6-4-5-11(7-12)8-14/h4-7,10,13,15-16H,3,9H2,1-2H3. The van der Waals surface area contributed by atoms with Gasteiger partial charge in [0, 0.05) is 12.6 Å². The van der Waals surface area contributed by atoms with E-state index in [-0.39, 0.29) is 12.1 Å². The number of aliphatic hydroxyl groups excluding tert-OH is 1. The fourth-order valence-electron chi connectivity index (χ4n) is 1.45. The molecule has 2 unspecified atom stereocenters. The predicted molar refractivity (Wildman–Crippen MR) is 63.9 cm³/mol. The smallest absolute Gasteiger partial charge is 0.0991 e. The SMILES string of the molecule is CCC(O)CNC(C)c1cccc(C#N)c1. The molecule has 0 radical (unpaired) electrons. The largest absolute Gasteiger partial charge is 0.392 e. The first kappa shape index (κ1) is 12.7. The highest BCUT2D eigenvalue weighted by Gasteiger charge is 2.07. The third-order valence-electron chi connectivity index (χ3n) is 2.65. The molecule has 1 rings (SSSR count). The van der Waals surface area contributed by atoms with Crippen LogP contribution in [0.2, 0.25) is 0 Å². The summed E-state index contributed by atoms with van der Waals surface area (Å²) in [5.41, 5.74) is 1.74. The summed E-state index contributed by atoms with van der Waals surface area (Å²) < 4.78 is 0. The highest BCUT2D eigenvalue weighted by Crippen LogP contribution is 2.13. The minimum absolute atomic E-state index is 0.148. The van der Waals surface area contributed by atoms with Gasteiger partial charge in [-0.05, 0) is 31.0 Å². The molecular formula is C13H18N2O. The van der Waals surface area contributed by atoms with Crippen LogP contribution < -0.4 is 5.32 Å². The monoisotopic (exact) mass is 218 g/mol. The molecule has 1 aromatic rings. The number of nitrogens with zero attached hydrogens (tertiary/aromatic N) is 1. The Bertz CT molecular complexity index is 370. The maximum atomic E-state index is 9.44. The second kappa shape index (κ2) is 6.26. The third kappa shape index (κ3) is 3.65. The molecule has 2 atom stereocenters. The first-order chi connectivity index (χ1) is 7.67. The summed E-state index contributed by atoms with van der Waals surface area (Å²) in [5, 5.41) is 21.5. The lowest BCUT2D eigenvalue weighted by Crippen LogP contribution is -2.28. The summed E-state index contributed by atoms with van der Waals surface area (Å²) in [4.78, 5) is 0. The van der Waals surface area contributed by atoms with Crippen LogP contribution in [0.25, 0.3) is 0 Å². The van der Waals surface area contributed by atoms with Crippen molar-refractivity contribution in [2.75, 3.05) is 6.54 Å². The molecule has 0 amide bonds. The first-order valence-corrected chi connectivity index (χ1v) is 5.59. The van der Waals surface area contributed by atoms with Gasteiger partial charge in [0.25, 0.3) is 0 Å². The van der Waals surface area contributed by atoms with Crippen LogP contribution in [0, 0.1) is 11.3 Å². The normalized spacial score (nSPS) is 14.1. The third-order valence-corrected chi connectivity index (χ3v) is 2.65. The van der Waals surface area contributed by atoms with Crippen molar-refractivity contribution in [3.05, 3.63) is 35.4 Å². The molecule has 1 aromatic carbocycles. The van der Waals surface area contributed by atoms with Crippen LogP contribution in [-0.4, -0.2) is 17.8 Å². The van der Waals surface area contributed by atoms with Crippen molar-refractivity contribution >= 4 is 0 Å². The Balaban J connectivity index is 2.59. The maximum Gasteiger partial charge on any atom is 0.0991 e. The average Bonchev–Trinajstić information content (AvgIpc) is 2.35. The van der Waals surface area contributed by atoms with E-state index in [0.29, 0.717) is 12.1 Å². The summed E-state index contributed by atoms with van der Waals surface area (Å²) >= 11 is 0. The van der Waals surface area contributed by atoms with Crippen molar-refractivity contribution in [2.24, 2.45) is 0 Å². The molecule has 16 heavy (non-hydrogen) atoms. The quantitative estimate of drug-likeness (QED) is 0.794. The van der Waals surface area contributed by atoms with Gasteiger partial charge >= 0.3 is 0 Å². The molecule has 0 fully saturated rings. The van der Waals surface area contributed by atoms with Crippen molar-refractivity contribution < 1.29 is 5.11 Å². The maximum absolute atomic E-state index is 9.44. The van der Waals surface area contributed by atoms with Gasteiger partial charge in [-0.15, -0.1) is 0 Å². The van der Waals surface area contributed by atoms with Gasteiger partial charge in [-0.3, -0.25) is 0 Å². The fraction of sp³-hybridized carbons (Fsp3) is 0.462. The fourth-order valence-corrected chi connectivity index (χ4v) is 1.45. The zero-order chi connectivity index (χ0) is 12.0. The first-order valence-electron chi connectivity index (χ1n) is 5.59. The number of hydrogen-bond acceptors (Lipinski definition) is 3. The topological polar surface area (TPSA) is 56.0 Å². The lowest BCUT2D eigenvalue weighted by Gasteiger charge is -2.16. The number of rotatable bonds is 5. The Morgan fingerprint density at radius 1 is 1.50 bits per heavy atom. The van der Waals surface area contributed by atoms with Crippen molar-refractivity contribution in [3.8, 4) is 6.07 Å².